The molecule has 106 valence electrons. The number of aromatic nitrogens is 2. The van der Waals surface area contributed by atoms with Gasteiger partial charge in [-0.1, -0.05) is 12.1 Å². The number of hydrogen-bond acceptors (Lipinski definition) is 5. The van der Waals surface area contributed by atoms with Crippen molar-refractivity contribution in [3.8, 4) is 11.5 Å². The Hall–Kier alpha value is -2.21. The molecule has 1 N–H and O–H groups in total. The van der Waals surface area contributed by atoms with E-state index in [1.54, 1.807) is 25.3 Å². The highest BCUT2D eigenvalue weighted by atomic mass is 16.5. The van der Waals surface area contributed by atoms with E-state index in [9.17, 15) is 4.79 Å². The van der Waals surface area contributed by atoms with Crippen LogP contribution in [0.1, 0.15) is 30.1 Å². The quantitative estimate of drug-likeness (QED) is 0.902. The van der Waals surface area contributed by atoms with E-state index < -0.39 is 11.6 Å². The Labute approximate surface area is 116 Å². The fourth-order valence-electron chi connectivity index (χ4n) is 1.73. The van der Waals surface area contributed by atoms with Crippen LogP contribution in [-0.4, -0.2) is 34.0 Å². The van der Waals surface area contributed by atoms with E-state index in [-0.39, 0.29) is 11.5 Å². The number of carboxylic acids is 1. The van der Waals surface area contributed by atoms with Crippen LogP contribution in [0.4, 0.5) is 0 Å². The number of hydrogen-bond donors (Lipinski definition) is 1. The molecular weight excluding hydrogens is 260 g/mol. The number of ether oxygens (including phenoxy) is 1. The minimum atomic E-state index is -1.03. The van der Waals surface area contributed by atoms with Gasteiger partial charge in [0.2, 0.25) is 11.8 Å². The fourth-order valence-corrected chi connectivity index (χ4v) is 1.73. The first kappa shape index (κ1) is 14.2. The van der Waals surface area contributed by atoms with Gasteiger partial charge in [0.05, 0.1) is 23.1 Å². The van der Waals surface area contributed by atoms with E-state index in [1.807, 2.05) is 13.8 Å². The molecule has 0 amide bonds. The van der Waals surface area contributed by atoms with Crippen molar-refractivity contribution in [2.45, 2.75) is 25.9 Å². The van der Waals surface area contributed by atoms with Crippen LogP contribution in [0.25, 0.3) is 11.5 Å². The molecule has 0 spiro atoms. The van der Waals surface area contributed by atoms with Gasteiger partial charge in [-0.3, -0.25) is 0 Å². The molecule has 0 saturated heterocycles. The lowest BCUT2D eigenvalue weighted by molar-refractivity contribution is 0.0182. The van der Waals surface area contributed by atoms with Crippen molar-refractivity contribution in [3.63, 3.8) is 0 Å². The number of rotatable bonds is 5. The predicted octanol–water partition coefficient (Wildman–Crippen LogP) is 2.40. The smallest absolute Gasteiger partial charge is 0.336 e. The summed E-state index contributed by atoms with van der Waals surface area (Å²) in [6, 6.07) is 6.52. The first-order valence-electron chi connectivity index (χ1n) is 6.13. The van der Waals surface area contributed by atoms with Crippen LogP contribution in [0.5, 0.6) is 0 Å². The zero-order valence-electron chi connectivity index (χ0n) is 11.6. The zero-order valence-corrected chi connectivity index (χ0v) is 11.6. The molecule has 6 heteroatoms. The summed E-state index contributed by atoms with van der Waals surface area (Å²) in [5.74, 6) is -0.422. The number of nitrogens with zero attached hydrogens (tertiary/aromatic N) is 2. The SMILES string of the molecule is COC(C)(C)Cc1nnc(-c2ccccc2C(=O)O)o1. The number of carboxylic acid groups (broad SMARTS) is 1. The Balaban J connectivity index is 2.32. The van der Waals surface area contributed by atoms with Crippen LogP contribution in [0.15, 0.2) is 28.7 Å². The summed E-state index contributed by atoms with van der Waals surface area (Å²) < 4.78 is 10.8. The van der Waals surface area contributed by atoms with Gasteiger partial charge in [0.25, 0.3) is 0 Å². The average molecular weight is 276 g/mol. The van der Waals surface area contributed by atoms with E-state index in [4.69, 9.17) is 14.3 Å². The molecule has 0 radical (unpaired) electrons. The van der Waals surface area contributed by atoms with Gasteiger partial charge in [0.15, 0.2) is 0 Å². The summed E-state index contributed by atoms with van der Waals surface area (Å²) in [7, 11) is 1.61. The summed E-state index contributed by atoms with van der Waals surface area (Å²) in [5, 5.41) is 17.0. The fraction of sp³-hybridized carbons (Fsp3) is 0.357. The van der Waals surface area contributed by atoms with Gasteiger partial charge in [-0.25, -0.2) is 4.79 Å². The number of aromatic carboxylic acids is 1. The summed E-state index contributed by atoms with van der Waals surface area (Å²) in [4.78, 5) is 11.2. The molecule has 0 aliphatic heterocycles. The molecule has 0 aliphatic carbocycles. The minimum Gasteiger partial charge on any atom is -0.478 e. The molecule has 2 rings (SSSR count). The highest BCUT2D eigenvalue weighted by Crippen LogP contribution is 2.24. The van der Waals surface area contributed by atoms with Gasteiger partial charge in [0, 0.05) is 7.11 Å². The van der Waals surface area contributed by atoms with Crippen LogP contribution >= 0.6 is 0 Å². The van der Waals surface area contributed by atoms with Crippen LogP contribution in [0.3, 0.4) is 0 Å². The zero-order chi connectivity index (χ0) is 14.8. The van der Waals surface area contributed by atoms with Crippen LogP contribution in [0, 0.1) is 0 Å². The van der Waals surface area contributed by atoms with Crippen molar-refractivity contribution in [1.82, 2.24) is 10.2 Å². The molecule has 1 heterocycles. The summed E-state index contributed by atoms with van der Waals surface area (Å²) >= 11 is 0. The lowest BCUT2D eigenvalue weighted by Crippen LogP contribution is -2.25. The van der Waals surface area contributed by atoms with Crippen molar-refractivity contribution in [3.05, 3.63) is 35.7 Å². The van der Waals surface area contributed by atoms with E-state index in [1.165, 1.54) is 6.07 Å². The van der Waals surface area contributed by atoms with Crippen LogP contribution in [0.2, 0.25) is 0 Å². The molecule has 0 aliphatic rings. The molecule has 0 atom stereocenters. The predicted molar refractivity (Wildman–Crippen MR) is 71.5 cm³/mol. The lowest BCUT2D eigenvalue weighted by Gasteiger charge is -2.20. The highest BCUT2D eigenvalue weighted by molar-refractivity contribution is 5.94. The molecule has 1 aromatic heterocycles. The van der Waals surface area contributed by atoms with E-state index >= 15 is 0 Å². The Kier molecular flexibility index (Phi) is 3.85. The maximum Gasteiger partial charge on any atom is 0.336 e. The van der Waals surface area contributed by atoms with Crippen LogP contribution in [-0.2, 0) is 11.2 Å². The Morgan fingerprint density at radius 2 is 2.05 bits per heavy atom. The van der Waals surface area contributed by atoms with Gasteiger partial charge in [-0.15, -0.1) is 10.2 Å². The Morgan fingerprint density at radius 3 is 2.70 bits per heavy atom. The normalized spacial score (nSPS) is 11.6. The van der Waals surface area contributed by atoms with Gasteiger partial charge in [0.1, 0.15) is 0 Å². The van der Waals surface area contributed by atoms with Crippen molar-refractivity contribution < 1.29 is 19.1 Å². The second-order valence-corrected chi connectivity index (χ2v) is 4.99. The van der Waals surface area contributed by atoms with E-state index in [2.05, 4.69) is 10.2 Å². The first-order valence-corrected chi connectivity index (χ1v) is 6.13. The average Bonchev–Trinajstić information content (AvgIpc) is 2.86. The number of carbonyl (C=O) groups is 1. The topological polar surface area (TPSA) is 85.5 Å². The van der Waals surface area contributed by atoms with Crippen molar-refractivity contribution in [2.75, 3.05) is 7.11 Å². The molecular formula is C14H16N2O4. The number of methoxy groups -OCH3 is 1. The number of benzene rings is 1. The standard InChI is InChI=1S/C14H16N2O4/c1-14(2,19-3)8-11-15-16-12(20-11)9-6-4-5-7-10(9)13(17)18/h4-7H,8H2,1-3H3,(H,17,18). The monoisotopic (exact) mass is 276 g/mol. The third-order valence-electron chi connectivity index (χ3n) is 2.98. The summed E-state index contributed by atoms with van der Waals surface area (Å²) in [6.45, 7) is 3.81. The lowest BCUT2D eigenvalue weighted by atomic mass is 10.1. The van der Waals surface area contributed by atoms with Gasteiger partial charge in [-0.2, -0.15) is 0 Å². The highest BCUT2D eigenvalue weighted by Gasteiger charge is 2.22. The van der Waals surface area contributed by atoms with Crippen molar-refractivity contribution >= 4 is 5.97 Å². The Morgan fingerprint density at radius 1 is 1.35 bits per heavy atom. The van der Waals surface area contributed by atoms with Gasteiger partial charge < -0.3 is 14.3 Å². The van der Waals surface area contributed by atoms with Crippen molar-refractivity contribution in [1.29, 1.82) is 0 Å². The van der Waals surface area contributed by atoms with E-state index in [0.29, 0.717) is 17.9 Å². The van der Waals surface area contributed by atoms with E-state index in [0.717, 1.165) is 0 Å². The molecule has 0 saturated carbocycles. The van der Waals surface area contributed by atoms with Crippen molar-refractivity contribution in [2.24, 2.45) is 0 Å². The third kappa shape index (κ3) is 3.03. The second kappa shape index (κ2) is 5.42. The van der Waals surface area contributed by atoms with Gasteiger partial charge >= 0.3 is 5.97 Å². The maximum absolute atomic E-state index is 11.2. The summed E-state index contributed by atoms with van der Waals surface area (Å²) in [6.07, 6.45) is 0.450. The molecule has 2 aromatic rings. The molecule has 20 heavy (non-hydrogen) atoms. The Bertz CT molecular complexity index is 619. The van der Waals surface area contributed by atoms with Gasteiger partial charge in [-0.05, 0) is 26.0 Å². The second-order valence-electron chi connectivity index (χ2n) is 4.99. The molecule has 0 unspecified atom stereocenters. The molecule has 0 bridgehead atoms. The largest absolute Gasteiger partial charge is 0.478 e. The van der Waals surface area contributed by atoms with Crippen LogP contribution < -0.4 is 0 Å². The molecule has 0 fully saturated rings. The third-order valence-corrected chi connectivity index (χ3v) is 2.98. The minimum absolute atomic E-state index is 0.133. The summed E-state index contributed by atoms with van der Waals surface area (Å²) in [5.41, 5.74) is 0.124. The maximum atomic E-state index is 11.2. The molecule has 1 aromatic carbocycles. The molecule has 6 nitrogen and oxygen atoms in total. The first-order chi connectivity index (χ1) is 9.43.